The molecule has 0 saturated carbocycles. The number of para-hydroxylation sites is 1. The Labute approximate surface area is 187 Å². The molecule has 0 N–H and O–H groups in total. The number of fused-ring (bicyclic) bond motifs is 1. The summed E-state index contributed by atoms with van der Waals surface area (Å²) < 4.78 is 17.3. The van der Waals surface area contributed by atoms with E-state index in [0.717, 1.165) is 33.5 Å². The minimum Gasteiger partial charge on any atom is -0.488 e. The lowest BCUT2D eigenvalue weighted by Gasteiger charge is -2.18. The van der Waals surface area contributed by atoms with Gasteiger partial charge in [-0.05, 0) is 43.7 Å². The Hall–Kier alpha value is -3.86. The van der Waals surface area contributed by atoms with Crippen LogP contribution in [0, 0.1) is 6.92 Å². The number of rotatable bonds is 8. The van der Waals surface area contributed by atoms with Crippen molar-refractivity contribution in [3.8, 4) is 11.5 Å². The Balaban J connectivity index is 1.47. The van der Waals surface area contributed by atoms with E-state index in [1.54, 1.807) is 6.92 Å². The maximum atomic E-state index is 12.4. The van der Waals surface area contributed by atoms with Gasteiger partial charge in [0.25, 0.3) is 0 Å². The van der Waals surface area contributed by atoms with Gasteiger partial charge < -0.3 is 14.2 Å². The molecule has 0 saturated heterocycles. The first kappa shape index (κ1) is 21.4. The monoisotopic (exact) mass is 427 g/mol. The standard InChI is InChI=1S/C27H25NO4/c1-3-30-27(29)26(21-9-5-4-6-10-21)32-22-15-13-20(14-16-22)18-31-25-17-19(2)28-24-12-8-7-11-23(24)25/h4-17,26H,3,18H2,1-2H3. The molecule has 1 unspecified atom stereocenters. The van der Waals surface area contributed by atoms with Crippen LogP contribution in [0.25, 0.3) is 10.9 Å². The molecule has 4 aromatic rings. The maximum absolute atomic E-state index is 12.4. The number of aryl methyl sites for hydroxylation is 1. The van der Waals surface area contributed by atoms with Gasteiger partial charge in [0.2, 0.25) is 6.10 Å². The van der Waals surface area contributed by atoms with E-state index >= 15 is 0 Å². The summed E-state index contributed by atoms with van der Waals surface area (Å²) in [4.78, 5) is 17.0. The van der Waals surface area contributed by atoms with Crippen LogP contribution < -0.4 is 9.47 Å². The fourth-order valence-corrected chi connectivity index (χ4v) is 3.45. The van der Waals surface area contributed by atoms with Gasteiger partial charge in [-0.2, -0.15) is 0 Å². The largest absolute Gasteiger partial charge is 0.488 e. The Kier molecular flexibility index (Phi) is 6.66. The van der Waals surface area contributed by atoms with Crippen LogP contribution in [0.5, 0.6) is 11.5 Å². The van der Waals surface area contributed by atoms with Crippen molar-refractivity contribution in [2.24, 2.45) is 0 Å². The molecule has 0 bridgehead atoms. The lowest BCUT2D eigenvalue weighted by atomic mass is 10.1. The third-order valence-corrected chi connectivity index (χ3v) is 4.98. The van der Waals surface area contributed by atoms with Gasteiger partial charge in [0, 0.05) is 22.7 Å². The van der Waals surface area contributed by atoms with Crippen LogP contribution in [-0.2, 0) is 16.1 Å². The number of hydrogen-bond acceptors (Lipinski definition) is 5. The van der Waals surface area contributed by atoms with Crippen molar-refractivity contribution in [2.75, 3.05) is 6.61 Å². The van der Waals surface area contributed by atoms with Gasteiger partial charge >= 0.3 is 5.97 Å². The van der Waals surface area contributed by atoms with Crippen molar-refractivity contribution in [2.45, 2.75) is 26.6 Å². The third-order valence-electron chi connectivity index (χ3n) is 4.98. The van der Waals surface area contributed by atoms with E-state index in [0.29, 0.717) is 19.0 Å². The Morgan fingerprint density at radius 3 is 2.41 bits per heavy atom. The summed E-state index contributed by atoms with van der Waals surface area (Å²) in [5, 5.41) is 0.984. The summed E-state index contributed by atoms with van der Waals surface area (Å²) >= 11 is 0. The molecule has 5 heteroatoms. The number of aromatic nitrogens is 1. The molecule has 5 nitrogen and oxygen atoms in total. The summed E-state index contributed by atoms with van der Waals surface area (Å²) in [6.45, 7) is 4.44. The maximum Gasteiger partial charge on any atom is 0.352 e. The Bertz CT molecular complexity index is 1190. The molecule has 1 heterocycles. The van der Waals surface area contributed by atoms with Crippen molar-refractivity contribution in [1.82, 2.24) is 4.98 Å². The molecule has 0 aliphatic heterocycles. The zero-order valence-corrected chi connectivity index (χ0v) is 18.2. The van der Waals surface area contributed by atoms with Crippen LogP contribution in [0.4, 0.5) is 0 Å². The lowest BCUT2D eigenvalue weighted by Crippen LogP contribution is -2.21. The Morgan fingerprint density at radius 2 is 1.66 bits per heavy atom. The Morgan fingerprint density at radius 1 is 0.938 bits per heavy atom. The van der Waals surface area contributed by atoms with E-state index in [1.165, 1.54) is 0 Å². The molecular weight excluding hydrogens is 402 g/mol. The second-order valence-electron chi connectivity index (χ2n) is 7.37. The minimum absolute atomic E-state index is 0.297. The number of esters is 1. The predicted molar refractivity (Wildman–Crippen MR) is 124 cm³/mol. The molecule has 0 aliphatic rings. The van der Waals surface area contributed by atoms with Crippen LogP contribution in [0.15, 0.2) is 84.9 Å². The molecular formula is C27H25NO4. The van der Waals surface area contributed by atoms with Crippen LogP contribution in [0.1, 0.15) is 29.8 Å². The van der Waals surface area contributed by atoms with Crippen molar-refractivity contribution in [3.63, 3.8) is 0 Å². The van der Waals surface area contributed by atoms with Gasteiger partial charge in [-0.3, -0.25) is 4.98 Å². The van der Waals surface area contributed by atoms with E-state index in [2.05, 4.69) is 4.98 Å². The second kappa shape index (κ2) is 9.96. The molecule has 32 heavy (non-hydrogen) atoms. The van der Waals surface area contributed by atoms with Crippen molar-refractivity contribution in [1.29, 1.82) is 0 Å². The highest BCUT2D eigenvalue weighted by Crippen LogP contribution is 2.27. The van der Waals surface area contributed by atoms with E-state index in [-0.39, 0.29) is 0 Å². The number of nitrogens with zero attached hydrogens (tertiary/aromatic N) is 1. The molecule has 3 aromatic carbocycles. The van der Waals surface area contributed by atoms with E-state index in [4.69, 9.17) is 14.2 Å². The lowest BCUT2D eigenvalue weighted by molar-refractivity contribution is -0.151. The number of carbonyl (C=O) groups excluding carboxylic acids is 1. The molecule has 0 amide bonds. The quantitative estimate of drug-likeness (QED) is 0.332. The predicted octanol–water partition coefficient (Wildman–Crippen LogP) is 5.81. The van der Waals surface area contributed by atoms with Crippen LogP contribution in [-0.4, -0.2) is 17.6 Å². The summed E-state index contributed by atoms with van der Waals surface area (Å²) in [7, 11) is 0. The highest BCUT2D eigenvalue weighted by atomic mass is 16.6. The molecule has 0 radical (unpaired) electrons. The van der Waals surface area contributed by atoms with Gasteiger partial charge in [-0.15, -0.1) is 0 Å². The third kappa shape index (κ3) is 5.06. The number of pyridine rings is 1. The van der Waals surface area contributed by atoms with Gasteiger partial charge in [0.1, 0.15) is 18.1 Å². The van der Waals surface area contributed by atoms with Crippen molar-refractivity contribution >= 4 is 16.9 Å². The summed E-state index contributed by atoms with van der Waals surface area (Å²) in [6.07, 6.45) is -0.815. The van der Waals surface area contributed by atoms with Crippen LogP contribution in [0.3, 0.4) is 0 Å². The molecule has 0 aliphatic carbocycles. The molecule has 0 fully saturated rings. The second-order valence-corrected chi connectivity index (χ2v) is 7.37. The van der Waals surface area contributed by atoms with Crippen LogP contribution in [0.2, 0.25) is 0 Å². The van der Waals surface area contributed by atoms with Crippen LogP contribution >= 0.6 is 0 Å². The van der Waals surface area contributed by atoms with Gasteiger partial charge in [0.15, 0.2) is 0 Å². The smallest absolute Gasteiger partial charge is 0.352 e. The fourth-order valence-electron chi connectivity index (χ4n) is 3.45. The van der Waals surface area contributed by atoms with Gasteiger partial charge in [-0.25, -0.2) is 4.79 Å². The van der Waals surface area contributed by atoms with E-state index < -0.39 is 12.1 Å². The van der Waals surface area contributed by atoms with E-state index in [9.17, 15) is 4.79 Å². The van der Waals surface area contributed by atoms with Gasteiger partial charge in [-0.1, -0.05) is 54.6 Å². The van der Waals surface area contributed by atoms with Crippen molar-refractivity contribution in [3.05, 3.63) is 102 Å². The number of hydrogen-bond donors (Lipinski definition) is 0. The minimum atomic E-state index is -0.815. The average molecular weight is 428 g/mol. The average Bonchev–Trinajstić information content (AvgIpc) is 2.82. The summed E-state index contributed by atoms with van der Waals surface area (Å²) in [6, 6.07) is 26.8. The summed E-state index contributed by atoms with van der Waals surface area (Å²) in [5.41, 5.74) is 3.56. The fraction of sp³-hybridized carbons (Fsp3) is 0.185. The normalized spacial score (nSPS) is 11.7. The SMILES string of the molecule is CCOC(=O)C(Oc1ccc(COc2cc(C)nc3ccccc23)cc1)c1ccccc1. The first-order chi connectivity index (χ1) is 15.6. The van der Waals surface area contributed by atoms with E-state index in [1.807, 2.05) is 91.9 Å². The highest BCUT2D eigenvalue weighted by Gasteiger charge is 2.24. The number of carbonyl (C=O) groups is 1. The molecule has 0 spiro atoms. The highest BCUT2D eigenvalue weighted by molar-refractivity contribution is 5.85. The molecule has 4 rings (SSSR count). The number of benzene rings is 3. The first-order valence-corrected chi connectivity index (χ1v) is 10.6. The summed E-state index contributed by atoms with van der Waals surface area (Å²) in [5.74, 6) is 0.979. The molecule has 162 valence electrons. The van der Waals surface area contributed by atoms with Crippen molar-refractivity contribution < 1.29 is 19.0 Å². The topological polar surface area (TPSA) is 57.7 Å². The zero-order chi connectivity index (χ0) is 22.3. The first-order valence-electron chi connectivity index (χ1n) is 10.6. The zero-order valence-electron chi connectivity index (χ0n) is 18.2. The number of ether oxygens (including phenoxy) is 3. The molecule has 1 aromatic heterocycles. The van der Waals surface area contributed by atoms with Gasteiger partial charge in [0.05, 0.1) is 12.1 Å². The molecule has 1 atom stereocenters.